The second kappa shape index (κ2) is 6.23. The van der Waals surface area contributed by atoms with Crippen molar-refractivity contribution >= 4 is 17.4 Å². The van der Waals surface area contributed by atoms with Gasteiger partial charge in [-0.3, -0.25) is 0 Å². The molecular formula is C16H20ClN3. The Labute approximate surface area is 125 Å². The van der Waals surface area contributed by atoms with Crippen LogP contribution in [0.15, 0.2) is 30.3 Å². The zero-order chi connectivity index (χ0) is 14.7. The van der Waals surface area contributed by atoms with Crippen LogP contribution in [0.3, 0.4) is 0 Å². The maximum absolute atomic E-state index is 6.09. The topological polar surface area (TPSA) is 29.0 Å². The highest BCUT2D eigenvalue weighted by molar-refractivity contribution is 6.29. The van der Waals surface area contributed by atoms with Gasteiger partial charge in [0, 0.05) is 25.6 Å². The van der Waals surface area contributed by atoms with Crippen LogP contribution in [0.1, 0.15) is 36.7 Å². The van der Waals surface area contributed by atoms with Crippen LogP contribution >= 0.6 is 11.6 Å². The summed E-state index contributed by atoms with van der Waals surface area (Å²) in [6, 6.07) is 10.2. The van der Waals surface area contributed by atoms with Gasteiger partial charge in [-0.1, -0.05) is 49.7 Å². The van der Waals surface area contributed by atoms with E-state index in [1.54, 1.807) is 0 Å². The number of halogens is 1. The summed E-state index contributed by atoms with van der Waals surface area (Å²) in [5.41, 5.74) is 2.57. The predicted molar refractivity (Wildman–Crippen MR) is 84.4 cm³/mol. The van der Waals surface area contributed by atoms with E-state index in [-0.39, 0.29) is 5.92 Å². The maximum atomic E-state index is 6.09. The predicted octanol–water partition coefficient (Wildman–Crippen LogP) is 4.20. The SMILES string of the molecule is Cc1ccccc1CN(C)c1cc(Cl)nc(C(C)C)n1. The third-order valence-electron chi connectivity index (χ3n) is 3.27. The van der Waals surface area contributed by atoms with Gasteiger partial charge in [0.15, 0.2) is 0 Å². The van der Waals surface area contributed by atoms with Crippen molar-refractivity contribution in [2.24, 2.45) is 0 Å². The molecule has 2 aromatic rings. The number of aryl methyl sites for hydroxylation is 1. The van der Waals surface area contributed by atoms with Crippen LogP contribution in [0.5, 0.6) is 0 Å². The zero-order valence-electron chi connectivity index (χ0n) is 12.4. The lowest BCUT2D eigenvalue weighted by atomic mass is 10.1. The summed E-state index contributed by atoms with van der Waals surface area (Å²) in [5.74, 6) is 1.90. The molecule has 0 unspecified atom stereocenters. The largest absolute Gasteiger partial charge is 0.355 e. The van der Waals surface area contributed by atoms with Gasteiger partial charge in [-0.2, -0.15) is 0 Å². The Kier molecular flexibility index (Phi) is 4.61. The molecule has 0 aliphatic carbocycles. The molecule has 3 nitrogen and oxygen atoms in total. The molecule has 0 aliphatic rings. The number of hydrogen-bond acceptors (Lipinski definition) is 3. The number of benzene rings is 1. The third kappa shape index (κ3) is 3.48. The highest BCUT2D eigenvalue weighted by Gasteiger charge is 2.11. The Morgan fingerprint density at radius 1 is 1.20 bits per heavy atom. The fourth-order valence-electron chi connectivity index (χ4n) is 2.00. The van der Waals surface area contributed by atoms with Crippen molar-refractivity contribution in [1.82, 2.24) is 9.97 Å². The number of rotatable bonds is 4. The second-order valence-electron chi connectivity index (χ2n) is 5.34. The lowest BCUT2D eigenvalue weighted by molar-refractivity contribution is 0.762. The van der Waals surface area contributed by atoms with E-state index >= 15 is 0 Å². The highest BCUT2D eigenvalue weighted by atomic mass is 35.5. The molecule has 0 amide bonds. The van der Waals surface area contributed by atoms with E-state index in [0.717, 1.165) is 18.2 Å². The van der Waals surface area contributed by atoms with Crippen molar-refractivity contribution in [3.05, 3.63) is 52.4 Å². The van der Waals surface area contributed by atoms with Gasteiger partial charge in [-0.15, -0.1) is 0 Å². The van der Waals surface area contributed by atoms with Gasteiger partial charge in [0.25, 0.3) is 0 Å². The average molecular weight is 290 g/mol. The molecule has 0 fully saturated rings. The maximum Gasteiger partial charge on any atom is 0.135 e. The van der Waals surface area contributed by atoms with E-state index in [4.69, 9.17) is 11.6 Å². The van der Waals surface area contributed by atoms with Gasteiger partial charge in [0.1, 0.15) is 16.8 Å². The standard InChI is InChI=1S/C16H20ClN3/c1-11(2)16-18-14(17)9-15(19-16)20(4)10-13-8-6-5-7-12(13)3/h5-9,11H,10H2,1-4H3. The molecule has 1 aromatic carbocycles. The number of nitrogens with zero attached hydrogens (tertiary/aromatic N) is 3. The molecule has 0 bridgehead atoms. The minimum Gasteiger partial charge on any atom is -0.355 e. The monoisotopic (exact) mass is 289 g/mol. The van der Waals surface area contributed by atoms with Crippen molar-refractivity contribution in [3.63, 3.8) is 0 Å². The van der Waals surface area contributed by atoms with Crippen molar-refractivity contribution < 1.29 is 0 Å². The average Bonchev–Trinajstić information content (AvgIpc) is 2.40. The summed E-state index contributed by atoms with van der Waals surface area (Å²) in [7, 11) is 2.02. The van der Waals surface area contributed by atoms with Crippen LogP contribution in [0.2, 0.25) is 5.15 Å². The lowest BCUT2D eigenvalue weighted by Crippen LogP contribution is -2.19. The molecule has 0 radical (unpaired) electrons. The van der Waals surface area contributed by atoms with Gasteiger partial charge in [0.2, 0.25) is 0 Å². The summed E-state index contributed by atoms with van der Waals surface area (Å²) in [6.07, 6.45) is 0. The Hall–Kier alpha value is -1.61. The summed E-state index contributed by atoms with van der Waals surface area (Å²) in [4.78, 5) is 11.0. The smallest absolute Gasteiger partial charge is 0.135 e. The van der Waals surface area contributed by atoms with Crippen LogP contribution in [-0.4, -0.2) is 17.0 Å². The third-order valence-corrected chi connectivity index (χ3v) is 3.47. The summed E-state index contributed by atoms with van der Waals surface area (Å²) in [5, 5.41) is 0.496. The van der Waals surface area contributed by atoms with E-state index in [1.807, 2.05) is 13.1 Å². The molecular weight excluding hydrogens is 270 g/mol. The molecule has 0 atom stereocenters. The Morgan fingerprint density at radius 2 is 1.90 bits per heavy atom. The lowest BCUT2D eigenvalue weighted by Gasteiger charge is -2.20. The van der Waals surface area contributed by atoms with Crippen LogP contribution < -0.4 is 4.90 Å². The Bertz CT molecular complexity index is 596. The van der Waals surface area contributed by atoms with Crippen LogP contribution in [0, 0.1) is 6.92 Å². The molecule has 106 valence electrons. The number of anilines is 1. The first-order chi connectivity index (χ1) is 9.47. The molecule has 4 heteroatoms. The van der Waals surface area contributed by atoms with Crippen molar-refractivity contribution in [3.8, 4) is 0 Å². The van der Waals surface area contributed by atoms with E-state index in [9.17, 15) is 0 Å². The molecule has 1 heterocycles. The fraction of sp³-hybridized carbons (Fsp3) is 0.375. The summed E-state index contributed by atoms with van der Waals surface area (Å²) >= 11 is 6.09. The molecule has 0 saturated carbocycles. The summed E-state index contributed by atoms with van der Waals surface area (Å²) in [6.45, 7) is 7.06. The molecule has 0 spiro atoms. The van der Waals surface area contributed by atoms with Gasteiger partial charge >= 0.3 is 0 Å². The van der Waals surface area contributed by atoms with Gasteiger partial charge in [-0.05, 0) is 18.1 Å². The Balaban J connectivity index is 2.25. The fourth-order valence-corrected chi connectivity index (χ4v) is 2.18. The first-order valence-electron chi connectivity index (χ1n) is 6.77. The molecule has 1 aromatic heterocycles. The molecule has 0 saturated heterocycles. The molecule has 20 heavy (non-hydrogen) atoms. The van der Waals surface area contributed by atoms with Crippen LogP contribution in [-0.2, 0) is 6.54 Å². The van der Waals surface area contributed by atoms with Crippen molar-refractivity contribution in [2.75, 3.05) is 11.9 Å². The first-order valence-corrected chi connectivity index (χ1v) is 7.15. The van der Waals surface area contributed by atoms with E-state index in [1.165, 1.54) is 11.1 Å². The van der Waals surface area contributed by atoms with E-state index in [0.29, 0.717) is 5.15 Å². The summed E-state index contributed by atoms with van der Waals surface area (Å²) < 4.78 is 0. The van der Waals surface area contributed by atoms with Gasteiger partial charge in [0.05, 0.1) is 0 Å². The Morgan fingerprint density at radius 3 is 2.55 bits per heavy atom. The van der Waals surface area contributed by atoms with E-state index < -0.39 is 0 Å². The normalized spacial score (nSPS) is 10.9. The van der Waals surface area contributed by atoms with Crippen LogP contribution in [0.4, 0.5) is 5.82 Å². The molecule has 2 rings (SSSR count). The second-order valence-corrected chi connectivity index (χ2v) is 5.73. The quantitative estimate of drug-likeness (QED) is 0.790. The van der Waals surface area contributed by atoms with Crippen LogP contribution in [0.25, 0.3) is 0 Å². The number of aromatic nitrogens is 2. The van der Waals surface area contributed by atoms with E-state index in [2.05, 4.69) is 59.9 Å². The van der Waals surface area contributed by atoms with Gasteiger partial charge in [-0.25, -0.2) is 9.97 Å². The minimum absolute atomic E-state index is 0.263. The first kappa shape index (κ1) is 14.8. The number of hydrogen-bond donors (Lipinski definition) is 0. The van der Waals surface area contributed by atoms with Crippen molar-refractivity contribution in [1.29, 1.82) is 0 Å². The molecule has 0 N–H and O–H groups in total. The van der Waals surface area contributed by atoms with Gasteiger partial charge < -0.3 is 4.90 Å². The zero-order valence-corrected chi connectivity index (χ0v) is 13.1. The van der Waals surface area contributed by atoms with Crippen molar-refractivity contribution in [2.45, 2.75) is 33.2 Å². The highest BCUT2D eigenvalue weighted by Crippen LogP contribution is 2.21. The molecule has 0 aliphatic heterocycles. The minimum atomic E-state index is 0.263.